The highest BCUT2D eigenvalue weighted by atomic mass is 32.2. The Bertz CT molecular complexity index is 384. The zero-order valence-electron chi connectivity index (χ0n) is 12.2. The van der Waals surface area contributed by atoms with E-state index in [0.29, 0.717) is 19.1 Å². The Hall–Kier alpha value is -0.130. The van der Waals surface area contributed by atoms with E-state index in [2.05, 4.69) is 17.0 Å². The molecule has 1 atom stereocenters. The maximum atomic E-state index is 12.2. The van der Waals surface area contributed by atoms with Crippen molar-refractivity contribution >= 4 is 10.0 Å². The molecule has 112 valence electrons. The monoisotopic (exact) mass is 288 g/mol. The summed E-state index contributed by atoms with van der Waals surface area (Å²) < 4.78 is 27.2. The number of hydrogen-bond donors (Lipinski definition) is 2. The van der Waals surface area contributed by atoms with Gasteiger partial charge in [0.05, 0.1) is 5.25 Å². The minimum atomic E-state index is -3.18. The molecule has 0 amide bonds. The Kier molecular flexibility index (Phi) is 4.90. The third kappa shape index (κ3) is 4.72. The van der Waals surface area contributed by atoms with Crippen molar-refractivity contribution in [2.24, 2.45) is 5.41 Å². The van der Waals surface area contributed by atoms with Gasteiger partial charge in [-0.15, -0.1) is 0 Å². The lowest BCUT2D eigenvalue weighted by Gasteiger charge is -2.34. The van der Waals surface area contributed by atoms with Crippen molar-refractivity contribution in [2.45, 2.75) is 70.1 Å². The normalized spacial score (nSPS) is 25.2. The predicted molar refractivity (Wildman–Crippen MR) is 78.6 cm³/mol. The summed E-state index contributed by atoms with van der Waals surface area (Å²) in [5.41, 5.74) is 0.162. The number of rotatable bonds is 7. The average molecular weight is 288 g/mol. The molecular weight excluding hydrogens is 260 g/mol. The summed E-state index contributed by atoms with van der Waals surface area (Å²) in [6, 6.07) is 0.563. The second-order valence-corrected chi connectivity index (χ2v) is 8.91. The quantitative estimate of drug-likeness (QED) is 0.753. The molecule has 0 radical (unpaired) electrons. The lowest BCUT2D eigenvalue weighted by Crippen LogP contribution is -2.44. The highest BCUT2D eigenvalue weighted by Crippen LogP contribution is 2.35. The van der Waals surface area contributed by atoms with Crippen molar-refractivity contribution in [2.75, 3.05) is 13.1 Å². The second kappa shape index (κ2) is 6.10. The number of nitrogens with one attached hydrogen (secondary N) is 2. The third-order valence-corrected chi connectivity index (χ3v) is 6.33. The predicted octanol–water partition coefficient (Wildman–Crippen LogP) is 2.02. The highest BCUT2D eigenvalue weighted by molar-refractivity contribution is 7.90. The van der Waals surface area contributed by atoms with Gasteiger partial charge in [0.15, 0.2) is 0 Å². The fourth-order valence-electron chi connectivity index (χ4n) is 2.73. The van der Waals surface area contributed by atoms with Crippen LogP contribution in [0.5, 0.6) is 0 Å². The van der Waals surface area contributed by atoms with Crippen LogP contribution in [-0.4, -0.2) is 32.8 Å². The molecule has 2 saturated carbocycles. The molecule has 2 fully saturated rings. The maximum absolute atomic E-state index is 12.2. The van der Waals surface area contributed by atoms with Crippen LogP contribution in [0.3, 0.4) is 0 Å². The lowest BCUT2D eigenvalue weighted by atomic mass is 9.76. The molecular formula is C14H28N2O2S. The van der Waals surface area contributed by atoms with E-state index in [9.17, 15) is 8.42 Å². The van der Waals surface area contributed by atoms with Crippen LogP contribution in [0.15, 0.2) is 0 Å². The van der Waals surface area contributed by atoms with E-state index < -0.39 is 10.0 Å². The van der Waals surface area contributed by atoms with Crippen LogP contribution < -0.4 is 10.0 Å². The van der Waals surface area contributed by atoms with E-state index in [1.165, 1.54) is 32.1 Å². The Morgan fingerprint density at radius 2 is 1.84 bits per heavy atom. The fourth-order valence-corrected chi connectivity index (χ4v) is 3.88. The zero-order valence-corrected chi connectivity index (χ0v) is 13.1. The topological polar surface area (TPSA) is 58.2 Å². The standard InChI is InChI=1S/C14H28N2O2S/c1-12(10-15-13-6-7-13)19(17,18)16-11-14(2)8-4-3-5-9-14/h12-13,15-16H,3-11H2,1-2H3. The second-order valence-electron chi connectivity index (χ2n) is 6.73. The fraction of sp³-hybridized carbons (Fsp3) is 1.00. The molecule has 0 bridgehead atoms. The number of hydrogen-bond acceptors (Lipinski definition) is 3. The molecule has 0 spiro atoms. The van der Waals surface area contributed by atoms with Gasteiger partial charge >= 0.3 is 0 Å². The summed E-state index contributed by atoms with van der Waals surface area (Å²) in [6.07, 6.45) is 8.43. The first-order valence-corrected chi connectivity index (χ1v) is 9.18. The molecule has 2 aliphatic rings. The van der Waals surface area contributed by atoms with E-state index in [1.54, 1.807) is 6.92 Å². The average Bonchev–Trinajstić information content (AvgIpc) is 3.19. The maximum Gasteiger partial charge on any atom is 0.215 e. The van der Waals surface area contributed by atoms with Gasteiger partial charge in [-0.1, -0.05) is 26.2 Å². The van der Waals surface area contributed by atoms with Crippen molar-refractivity contribution in [3.63, 3.8) is 0 Å². The molecule has 0 aromatic carbocycles. The van der Waals surface area contributed by atoms with Gasteiger partial charge in [-0.2, -0.15) is 0 Å². The highest BCUT2D eigenvalue weighted by Gasteiger charge is 2.30. The molecule has 2 N–H and O–H groups in total. The van der Waals surface area contributed by atoms with Gasteiger partial charge < -0.3 is 5.32 Å². The van der Waals surface area contributed by atoms with Crippen LogP contribution >= 0.6 is 0 Å². The van der Waals surface area contributed by atoms with Gasteiger partial charge in [-0.3, -0.25) is 0 Å². The van der Waals surface area contributed by atoms with E-state index in [1.807, 2.05) is 0 Å². The van der Waals surface area contributed by atoms with Crippen LogP contribution in [0.1, 0.15) is 58.8 Å². The molecule has 0 aliphatic heterocycles. The molecule has 19 heavy (non-hydrogen) atoms. The minimum Gasteiger partial charge on any atom is -0.313 e. The summed E-state index contributed by atoms with van der Waals surface area (Å²) >= 11 is 0. The summed E-state index contributed by atoms with van der Waals surface area (Å²) in [6.45, 7) is 5.17. The summed E-state index contributed by atoms with van der Waals surface area (Å²) in [7, 11) is -3.18. The van der Waals surface area contributed by atoms with Crippen LogP contribution in [0.25, 0.3) is 0 Å². The first kappa shape index (κ1) is 15.3. The lowest BCUT2D eigenvalue weighted by molar-refractivity contribution is 0.219. The van der Waals surface area contributed by atoms with E-state index >= 15 is 0 Å². The van der Waals surface area contributed by atoms with Crippen LogP contribution in [0.2, 0.25) is 0 Å². The van der Waals surface area contributed by atoms with Gasteiger partial charge in [-0.25, -0.2) is 13.1 Å². The van der Waals surface area contributed by atoms with Crippen molar-refractivity contribution in [3.05, 3.63) is 0 Å². The van der Waals surface area contributed by atoms with Gasteiger partial charge in [0.25, 0.3) is 0 Å². The van der Waals surface area contributed by atoms with Gasteiger partial charge in [0, 0.05) is 19.1 Å². The SMILES string of the molecule is CC(CNC1CC1)S(=O)(=O)NCC1(C)CCCCC1. The summed E-state index contributed by atoms with van der Waals surface area (Å²) in [5, 5.41) is 2.94. The molecule has 2 aliphatic carbocycles. The summed E-state index contributed by atoms with van der Waals surface area (Å²) in [4.78, 5) is 0. The van der Waals surface area contributed by atoms with Crippen molar-refractivity contribution in [3.8, 4) is 0 Å². The van der Waals surface area contributed by atoms with Crippen molar-refractivity contribution in [1.82, 2.24) is 10.0 Å². The first-order valence-electron chi connectivity index (χ1n) is 7.63. The molecule has 0 aromatic rings. The Morgan fingerprint density at radius 1 is 1.21 bits per heavy atom. The summed E-state index contributed by atoms with van der Waals surface area (Å²) in [5.74, 6) is 0. The molecule has 5 heteroatoms. The van der Waals surface area contributed by atoms with Gasteiger partial charge in [-0.05, 0) is 38.0 Å². The molecule has 0 heterocycles. The van der Waals surface area contributed by atoms with Crippen LogP contribution in [0, 0.1) is 5.41 Å². The molecule has 0 saturated heterocycles. The molecule has 0 aromatic heterocycles. The van der Waals surface area contributed by atoms with Gasteiger partial charge in [0.2, 0.25) is 10.0 Å². The van der Waals surface area contributed by atoms with Crippen LogP contribution in [-0.2, 0) is 10.0 Å². The first-order chi connectivity index (χ1) is 8.91. The molecule has 4 nitrogen and oxygen atoms in total. The third-order valence-electron chi connectivity index (χ3n) is 4.56. The van der Waals surface area contributed by atoms with E-state index in [4.69, 9.17) is 0 Å². The van der Waals surface area contributed by atoms with E-state index in [-0.39, 0.29) is 10.7 Å². The Balaban J connectivity index is 1.78. The largest absolute Gasteiger partial charge is 0.313 e. The van der Waals surface area contributed by atoms with Crippen molar-refractivity contribution < 1.29 is 8.42 Å². The Labute approximate surface area is 117 Å². The zero-order chi connectivity index (χ0) is 13.9. The molecule has 1 unspecified atom stereocenters. The smallest absolute Gasteiger partial charge is 0.215 e. The minimum absolute atomic E-state index is 0.162. The van der Waals surface area contributed by atoms with Crippen LogP contribution in [0.4, 0.5) is 0 Å². The van der Waals surface area contributed by atoms with E-state index in [0.717, 1.165) is 12.8 Å². The number of sulfonamides is 1. The molecule has 2 rings (SSSR count). The Morgan fingerprint density at radius 3 is 2.42 bits per heavy atom. The van der Waals surface area contributed by atoms with Gasteiger partial charge in [0.1, 0.15) is 0 Å². The van der Waals surface area contributed by atoms with Crippen molar-refractivity contribution in [1.29, 1.82) is 0 Å².